The highest BCUT2D eigenvalue weighted by atomic mass is 35.5. The molecule has 2 rings (SSSR count). The maximum atomic E-state index is 8.78. The Kier molecular flexibility index (Phi) is 3.34. The lowest BCUT2D eigenvalue weighted by Gasteiger charge is -2.00. The molecule has 0 unspecified atom stereocenters. The van der Waals surface area contributed by atoms with E-state index in [2.05, 4.69) is 6.07 Å². The van der Waals surface area contributed by atoms with Crippen LogP contribution in [0.2, 0.25) is 10.2 Å². The van der Waals surface area contributed by atoms with Gasteiger partial charge in [0.15, 0.2) is 0 Å². The van der Waals surface area contributed by atoms with Crippen LogP contribution in [-0.2, 0) is 6.54 Å². The standard InChI is InChI=1S/C11H8Cl2N2S/c1-16-10-8-6-7(12)2-3-9(8)15(5-4-14)11(10)13/h2-3,6H,5H2,1H3. The van der Waals surface area contributed by atoms with E-state index in [0.717, 1.165) is 15.8 Å². The Balaban J connectivity index is 2.81. The summed E-state index contributed by atoms with van der Waals surface area (Å²) in [5.74, 6) is 0. The van der Waals surface area contributed by atoms with E-state index in [1.807, 2.05) is 18.4 Å². The molecule has 0 fully saturated rings. The molecule has 0 amide bonds. The molecule has 16 heavy (non-hydrogen) atoms. The topological polar surface area (TPSA) is 28.7 Å². The van der Waals surface area contributed by atoms with E-state index < -0.39 is 0 Å². The largest absolute Gasteiger partial charge is 0.317 e. The number of nitriles is 1. The van der Waals surface area contributed by atoms with Crippen molar-refractivity contribution in [2.24, 2.45) is 0 Å². The molecular weight excluding hydrogens is 263 g/mol. The van der Waals surface area contributed by atoms with Crippen molar-refractivity contribution in [1.29, 1.82) is 5.26 Å². The van der Waals surface area contributed by atoms with Gasteiger partial charge in [0.2, 0.25) is 0 Å². The van der Waals surface area contributed by atoms with Gasteiger partial charge in [-0.25, -0.2) is 0 Å². The molecule has 0 aliphatic rings. The van der Waals surface area contributed by atoms with Crippen molar-refractivity contribution in [3.8, 4) is 6.07 Å². The van der Waals surface area contributed by atoms with Crippen LogP contribution in [0, 0.1) is 11.3 Å². The third-order valence-corrected chi connectivity index (χ3v) is 3.91. The maximum absolute atomic E-state index is 8.78. The molecule has 1 heterocycles. The van der Waals surface area contributed by atoms with Gasteiger partial charge in [-0.05, 0) is 24.5 Å². The van der Waals surface area contributed by atoms with Crippen molar-refractivity contribution in [3.05, 3.63) is 28.4 Å². The molecule has 2 aromatic rings. The predicted octanol–water partition coefficient (Wildman–Crippen LogP) is 4.19. The highest BCUT2D eigenvalue weighted by Gasteiger charge is 2.14. The molecule has 82 valence electrons. The lowest BCUT2D eigenvalue weighted by molar-refractivity contribution is 0.867. The predicted molar refractivity (Wildman–Crippen MR) is 69.4 cm³/mol. The van der Waals surface area contributed by atoms with E-state index in [0.29, 0.717) is 10.2 Å². The van der Waals surface area contributed by atoms with Crippen molar-refractivity contribution in [2.45, 2.75) is 11.4 Å². The van der Waals surface area contributed by atoms with Gasteiger partial charge < -0.3 is 4.57 Å². The van der Waals surface area contributed by atoms with E-state index in [4.69, 9.17) is 28.5 Å². The molecule has 0 bridgehead atoms. The fourth-order valence-electron chi connectivity index (χ4n) is 1.68. The Hall–Kier alpha value is -0.820. The van der Waals surface area contributed by atoms with Crippen LogP contribution in [0.1, 0.15) is 0 Å². The molecule has 0 spiro atoms. The lowest BCUT2D eigenvalue weighted by atomic mass is 10.2. The molecule has 0 aliphatic heterocycles. The minimum Gasteiger partial charge on any atom is -0.317 e. The van der Waals surface area contributed by atoms with E-state index in [1.54, 1.807) is 22.4 Å². The minimum atomic E-state index is 0.248. The van der Waals surface area contributed by atoms with Crippen molar-refractivity contribution in [1.82, 2.24) is 4.57 Å². The molecule has 0 radical (unpaired) electrons. The summed E-state index contributed by atoms with van der Waals surface area (Å²) in [4.78, 5) is 0.967. The van der Waals surface area contributed by atoms with Gasteiger partial charge in [0.1, 0.15) is 11.7 Å². The molecule has 0 N–H and O–H groups in total. The third-order valence-electron chi connectivity index (χ3n) is 2.35. The summed E-state index contributed by atoms with van der Waals surface area (Å²) in [7, 11) is 0. The average Bonchev–Trinajstić information content (AvgIpc) is 2.52. The fourth-order valence-corrected chi connectivity index (χ4v) is 3.00. The SMILES string of the molecule is CSc1c(Cl)n(CC#N)c2ccc(Cl)cc12. The first-order valence-corrected chi connectivity index (χ1v) is 6.55. The number of aromatic nitrogens is 1. The second-order valence-corrected chi connectivity index (χ2v) is 4.84. The van der Waals surface area contributed by atoms with E-state index in [-0.39, 0.29) is 6.54 Å². The van der Waals surface area contributed by atoms with Gasteiger partial charge in [-0.1, -0.05) is 23.2 Å². The van der Waals surface area contributed by atoms with Crippen LogP contribution in [0.3, 0.4) is 0 Å². The Morgan fingerprint density at radius 2 is 2.19 bits per heavy atom. The van der Waals surface area contributed by atoms with E-state index >= 15 is 0 Å². The van der Waals surface area contributed by atoms with Crippen molar-refractivity contribution in [3.63, 3.8) is 0 Å². The van der Waals surface area contributed by atoms with Crippen LogP contribution in [-0.4, -0.2) is 10.8 Å². The summed E-state index contributed by atoms with van der Waals surface area (Å²) >= 11 is 13.8. The number of thioether (sulfide) groups is 1. The molecule has 1 aromatic heterocycles. The summed E-state index contributed by atoms with van der Waals surface area (Å²) in [5, 5.41) is 11.1. The van der Waals surface area contributed by atoms with Gasteiger partial charge in [-0.15, -0.1) is 11.8 Å². The van der Waals surface area contributed by atoms with Gasteiger partial charge in [0.25, 0.3) is 0 Å². The Morgan fingerprint density at radius 1 is 1.44 bits per heavy atom. The Labute approximate surface area is 108 Å². The molecule has 0 aliphatic carbocycles. The highest BCUT2D eigenvalue weighted by molar-refractivity contribution is 7.99. The molecule has 0 atom stereocenters. The van der Waals surface area contributed by atoms with Crippen LogP contribution in [0.25, 0.3) is 10.9 Å². The number of hydrogen-bond acceptors (Lipinski definition) is 2. The monoisotopic (exact) mass is 270 g/mol. The second kappa shape index (κ2) is 4.58. The fraction of sp³-hybridized carbons (Fsp3) is 0.182. The minimum absolute atomic E-state index is 0.248. The second-order valence-electron chi connectivity index (χ2n) is 3.23. The maximum Gasteiger partial charge on any atom is 0.124 e. The highest BCUT2D eigenvalue weighted by Crippen LogP contribution is 2.37. The van der Waals surface area contributed by atoms with Gasteiger partial charge in [0, 0.05) is 10.4 Å². The zero-order chi connectivity index (χ0) is 11.7. The quantitative estimate of drug-likeness (QED) is 0.766. The molecule has 0 saturated heterocycles. The normalized spacial score (nSPS) is 10.6. The Bertz CT molecular complexity index is 584. The first-order chi connectivity index (χ1) is 7.69. The summed E-state index contributed by atoms with van der Waals surface area (Å²) < 4.78 is 1.79. The zero-order valence-corrected chi connectivity index (χ0v) is 10.8. The number of fused-ring (bicyclic) bond motifs is 1. The zero-order valence-electron chi connectivity index (χ0n) is 8.50. The number of benzene rings is 1. The van der Waals surface area contributed by atoms with Gasteiger partial charge in [0.05, 0.1) is 16.5 Å². The molecular formula is C11H8Cl2N2S. The average molecular weight is 271 g/mol. The van der Waals surface area contributed by atoms with Crippen molar-refractivity contribution in [2.75, 3.05) is 6.26 Å². The van der Waals surface area contributed by atoms with Crippen LogP contribution in [0.15, 0.2) is 23.1 Å². The van der Waals surface area contributed by atoms with Crippen LogP contribution in [0.5, 0.6) is 0 Å². The summed E-state index contributed by atoms with van der Waals surface area (Å²) in [6.07, 6.45) is 1.96. The van der Waals surface area contributed by atoms with E-state index in [1.165, 1.54) is 0 Å². The third kappa shape index (κ3) is 1.78. The number of nitrogens with zero attached hydrogens (tertiary/aromatic N) is 2. The Morgan fingerprint density at radius 3 is 2.81 bits per heavy atom. The van der Waals surface area contributed by atoms with Gasteiger partial charge in [-0.3, -0.25) is 0 Å². The van der Waals surface area contributed by atoms with Gasteiger partial charge in [-0.2, -0.15) is 5.26 Å². The van der Waals surface area contributed by atoms with Crippen LogP contribution >= 0.6 is 35.0 Å². The molecule has 0 saturated carbocycles. The molecule has 5 heteroatoms. The number of rotatable bonds is 2. The van der Waals surface area contributed by atoms with Gasteiger partial charge >= 0.3 is 0 Å². The lowest BCUT2D eigenvalue weighted by Crippen LogP contribution is -1.94. The molecule has 1 aromatic carbocycles. The first-order valence-electron chi connectivity index (χ1n) is 4.57. The van der Waals surface area contributed by atoms with E-state index in [9.17, 15) is 0 Å². The summed E-state index contributed by atoms with van der Waals surface area (Å²) in [5.41, 5.74) is 0.945. The smallest absolute Gasteiger partial charge is 0.124 e. The number of halogens is 2. The number of hydrogen-bond donors (Lipinski definition) is 0. The van der Waals surface area contributed by atoms with Crippen LogP contribution in [0.4, 0.5) is 0 Å². The summed E-state index contributed by atoms with van der Waals surface area (Å²) in [6.45, 7) is 0.248. The van der Waals surface area contributed by atoms with Crippen LogP contribution < -0.4 is 0 Å². The van der Waals surface area contributed by atoms with Crippen molar-refractivity contribution < 1.29 is 0 Å². The summed E-state index contributed by atoms with van der Waals surface area (Å²) in [6, 6.07) is 7.68. The molecule has 2 nitrogen and oxygen atoms in total. The first kappa shape index (κ1) is 11.7. The van der Waals surface area contributed by atoms with Crippen molar-refractivity contribution >= 4 is 45.9 Å².